The van der Waals surface area contributed by atoms with Crippen LogP contribution in [0, 0.1) is 0 Å². The average molecular weight is 763 g/mol. The van der Waals surface area contributed by atoms with Crippen molar-refractivity contribution in [3.05, 3.63) is 44.5 Å². The number of aromatic nitrogens is 4. The van der Waals surface area contributed by atoms with Gasteiger partial charge in [-0.25, -0.2) is 9.97 Å². The van der Waals surface area contributed by atoms with Crippen molar-refractivity contribution in [3.8, 4) is 0 Å². The van der Waals surface area contributed by atoms with Gasteiger partial charge in [0.2, 0.25) is 0 Å². The van der Waals surface area contributed by atoms with Gasteiger partial charge in [-0.05, 0) is 45.4 Å². The van der Waals surface area contributed by atoms with E-state index in [0.717, 1.165) is 82.1 Å². The molecule has 0 aromatic carbocycles. The number of ether oxygens (including phenoxy) is 2. The smallest absolute Gasteiger partial charge is 0.295 e. The summed E-state index contributed by atoms with van der Waals surface area (Å²) in [4.78, 5) is 54.3. The molecule has 2 aliphatic rings. The number of aldehydes is 1. The summed E-state index contributed by atoms with van der Waals surface area (Å²) in [6, 6.07) is 2.14. The molecule has 4 rings (SSSR count). The lowest BCUT2D eigenvalue weighted by Crippen LogP contribution is -2.47. The van der Waals surface area contributed by atoms with Crippen molar-refractivity contribution in [2.75, 3.05) is 96.1 Å². The van der Waals surface area contributed by atoms with E-state index in [4.69, 9.17) is 14.6 Å². The highest BCUT2D eigenvalue weighted by molar-refractivity contribution is 6.76. The van der Waals surface area contributed by atoms with Crippen LogP contribution in [0.2, 0.25) is 51.4 Å². The van der Waals surface area contributed by atoms with Crippen LogP contribution in [0.25, 0.3) is 0 Å². The maximum atomic E-state index is 12.9. The van der Waals surface area contributed by atoms with Crippen molar-refractivity contribution < 1.29 is 19.4 Å². The first-order valence-corrected chi connectivity index (χ1v) is 26.3. The molecule has 0 amide bonds. The quantitative estimate of drug-likeness (QED) is 0.136. The van der Waals surface area contributed by atoms with Crippen LogP contribution in [0.4, 0.5) is 11.6 Å². The molecular formula is C36H66N8O6Si2. The molecule has 4 heterocycles. The van der Waals surface area contributed by atoms with Crippen molar-refractivity contribution in [2.24, 2.45) is 0 Å². The molecule has 0 atom stereocenters. The van der Waals surface area contributed by atoms with Gasteiger partial charge in [0.05, 0.1) is 11.4 Å². The Bertz CT molecular complexity index is 1490. The second kappa shape index (κ2) is 21.2. The Morgan fingerprint density at radius 1 is 0.692 bits per heavy atom. The lowest BCUT2D eigenvalue weighted by atomic mass is 10.2. The van der Waals surface area contributed by atoms with Gasteiger partial charge in [-0.3, -0.25) is 18.7 Å². The lowest BCUT2D eigenvalue weighted by molar-refractivity contribution is -0.107. The molecule has 2 fully saturated rings. The van der Waals surface area contributed by atoms with Crippen LogP contribution in [0.5, 0.6) is 0 Å². The fourth-order valence-corrected chi connectivity index (χ4v) is 7.10. The van der Waals surface area contributed by atoms with Gasteiger partial charge in [0.1, 0.15) is 19.7 Å². The van der Waals surface area contributed by atoms with Gasteiger partial charge in [-0.15, -0.1) is 0 Å². The number of likely N-dealkylation sites (N-methyl/N-ethyl adjacent to an activating group) is 2. The fraction of sp³-hybridized carbons (Fsp3) is 0.750. The number of carbonyl (C=O) groups is 1. The van der Waals surface area contributed by atoms with Crippen LogP contribution in [0.1, 0.15) is 24.2 Å². The zero-order valence-corrected chi connectivity index (χ0v) is 35.2. The molecule has 0 spiro atoms. The molecular weight excluding hydrogens is 697 g/mol. The summed E-state index contributed by atoms with van der Waals surface area (Å²) in [5.74, 6) is 0.998. The van der Waals surface area contributed by atoms with E-state index >= 15 is 0 Å². The highest BCUT2D eigenvalue weighted by Gasteiger charge is 2.22. The van der Waals surface area contributed by atoms with Gasteiger partial charge >= 0.3 is 0 Å². The van der Waals surface area contributed by atoms with Crippen molar-refractivity contribution in [1.82, 2.24) is 28.9 Å². The molecule has 2 saturated heterocycles. The predicted octanol–water partition coefficient (Wildman–Crippen LogP) is 2.67. The first kappa shape index (κ1) is 43.7. The van der Waals surface area contributed by atoms with Crippen molar-refractivity contribution >= 4 is 34.1 Å². The summed E-state index contributed by atoms with van der Waals surface area (Å²) in [5, 5.41) is 9.12. The molecule has 52 heavy (non-hydrogen) atoms. The summed E-state index contributed by atoms with van der Waals surface area (Å²) < 4.78 is 14.8. The van der Waals surface area contributed by atoms with E-state index in [2.05, 4.69) is 78.0 Å². The van der Waals surface area contributed by atoms with Crippen LogP contribution in [0.15, 0.2) is 22.0 Å². The summed E-state index contributed by atoms with van der Waals surface area (Å²) in [7, 11) is 1.86. The second-order valence-electron chi connectivity index (χ2n) is 16.5. The normalized spacial score (nSPS) is 16.2. The summed E-state index contributed by atoms with van der Waals surface area (Å²) in [6.45, 7) is 22.7. The van der Waals surface area contributed by atoms with E-state index in [0.29, 0.717) is 50.5 Å². The van der Waals surface area contributed by atoms with Gasteiger partial charge in [0, 0.05) is 107 Å². The monoisotopic (exact) mass is 762 g/mol. The number of aliphatic hydroxyl groups is 1. The number of hydrogen-bond acceptors (Lipinski definition) is 12. The Kier molecular flexibility index (Phi) is 17.8. The molecule has 2 aromatic rings. The lowest BCUT2D eigenvalue weighted by Gasteiger charge is -2.33. The molecule has 0 saturated carbocycles. The number of carbonyl (C=O) groups excluding carboxylic acids is 1. The molecule has 2 aliphatic heterocycles. The SMILES string of the molecule is CN1CCN(c2nc(CCC=O)cn(COCC[Si](C)(C)C)c2=O)CC1.CN1CCN(c2nc(CCCO)cn(COCC[Si](C)(C)C)c2=O)CC1. The molecule has 16 heteroatoms. The van der Waals surface area contributed by atoms with Gasteiger partial charge in [-0.2, -0.15) is 0 Å². The summed E-state index contributed by atoms with van der Waals surface area (Å²) in [6.07, 6.45) is 6.66. The first-order valence-electron chi connectivity index (χ1n) is 18.9. The predicted molar refractivity (Wildman–Crippen MR) is 214 cm³/mol. The minimum atomic E-state index is -1.16. The number of rotatable bonds is 18. The molecule has 2 aromatic heterocycles. The fourth-order valence-electron chi connectivity index (χ4n) is 5.59. The van der Waals surface area contributed by atoms with Crippen LogP contribution in [-0.4, -0.2) is 143 Å². The van der Waals surface area contributed by atoms with Crippen LogP contribution >= 0.6 is 0 Å². The highest BCUT2D eigenvalue weighted by atomic mass is 28.3. The van der Waals surface area contributed by atoms with Gasteiger partial charge in [0.25, 0.3) is 11.1 Å². The standard InChI is InChI=1S/C18H34N4O3Si.C18H32N4O3Si/c2*1-20-7-9-21(10-8-20)17-18(24)22(14-16(19-17)6-5-11-23)15-25-12-13-26(2,3)4/h14,23H,5-13,15H2,1-4H3;11,14H,5-10,12-13,15H2,1-4H3. The molecule has 1 N–H and O–H groups in total. The van der Waals surface area contributed by atoms with Crippen LogP contribution in [-0.2, 0) is 40.6 Å². The Morgan fingerprint density at radius 3 is 1.46 bits per heavy atom. The topological polar surface area (TPSA) is 138 Å². The summed E-state index contributed by atoms with van der Waals surface area (Å²) >= 11 is 0. The number of anilines is 2. The van der Waals surface area contributed by atoms with E-state index < -0.39 is 16.1 Å². The average Bonchev–Trinajstić information content (AvgIpc) is 3.09. The third-order valence-electron chi connectivity index (χ3n) is 9.18. The van der Waals surface area contributed by atoms with E-state index in [1.165, 1.54) is 0 Å². The highest BCUT2D eigenvalue weighted by Crippen LogP contribution is 2.14. The Hall–Kier alpha value is -2.74. The van der Waals surface area contributed by atoms with E-state index in [-0.39, 0.29) is 31.2 Å². The largest absolute Gasteiger partial charge is 0.396 e. The van der Waals surface area contributed by atoms with Crippen LogP contribution < -0.4 is 20.9 Å². The van der Waals surface area contributed by atoms with Crippen LogP contribution in [0.3, 0.4) is 0 Å². The Morgan fingerprint density at radius 2 is 1.10 bits per heavy atom. The van der Waals surface area contributed by atoms with Gasteiger partial charge < -0.3 is 39.0 Å². The van der Waals surface area contributed by atoms with E-state index in [9.17, 15) is 14.4 Å². The minimum absolute atomic E-state index is 0.0877. The molecule has 0 unspecified atom stereocenters. The first-order chi connectivity index (χ1) is 24.6. The van der Waals surface area contributed by atoms with E-state index in [1.807, 2.05) is 4.90 Å². The maximum absolute atomic E-state index is 12.9. The minimum Gasteiger partial charge on any atom is -0.396 e. The van der Waals surface area contributed by atoms with Crippen molar-refractivity contribution in [1.29, 1.82) is 0 Å². The third-order valence-corrected chi connectivity index (χ3v) is 12.6. The van der Waals surface area contributed by atoms with Gasteiger partial charge in [0.15, 0.2) is 11.6 Å². The number of piperazine rings is 2. The Labute approximate surface area is 312 Å². The molecule has 0 aliphatic carbocycles. The molecule has 294 valence electrons. The maximum Gasteiger partial charge on any atom is 0.295 e. The number of aryl methyl sites for hydroxylation is 2. The van der Waals surface area contributed by atoms with Crippen molar-refractivity contribution in [2.45, 2.75) is 90.5 Å². The van der Waals surface area contributed by atoms with E-state index in [1.54, 1.807) is 21.5 Å². The second-order valence-corrected chi connectivity index (χ2v) is 27.7. The summed E-state index contributed by atoms with van der Waals surface area (Å²) in [5.41, 5.74) is 1.40. The molecule has 0 bridgehead atoms. The number of nitrogens with zero attached hydrogens (tertiary/aromatic N) is 8. The van der Waals surface area contributed by atoms with Crippen molar-refractivity contribution in [3.63, 3.8) is 0 Å². The number of hydrogen-bond donors (Lipinski definition) is 1. The zero-order valence-electron chi connectivity index (χ0n) is 33.2. The van der Waals surface area contributed by atoms with Gasteiger partial charge in [-0.1, -0.05) is 39.3 Å². The Balaban J connectivity index is 0.000000280. The third kappa shape index (κ3) is 15.3. The number of aliphatic hydroxyl groups excluding tert-OH is 1. The molecule has 14 nitrogen and oxygen atoms in total. The molecule has 0 radical (unpaired) electrons. The zero-order chi connectivity index (χ0) is 38.3.